The van der Waals surface area contributed by atoms with Gasteiger partial charge in [0.05, 0.1) is 11.4 Å². The zero-order chi connectivity index (χ0) is 13.4. The van der Waals surface area contributed by atoms with Gasteiger partial charge in [0.15, 0.2) is 0 Å². The molecule has 94 valence electrons. The second kappa shape index (κ2) is 6.90. The Bertz CT molecular complexity index is 503. The van der Waals surface area contributed by atoms with E-state index in [1.807, 2.05) is 0 Å². The van der Waals surface area contributed by atoms with Crippen molar-refractivity contribution >= 4 is 23.5 Å². The molecule has 0 unspecified atom stereocenters. The average Bonchev–Trinajstić information content (AvgIpc) is 2.36. The van der Waals surface area contributed by atoms with Crippen molar-refractivity contribution in [1.29, 1.82) is 0 Å². The number of hydrogen-bond donors (Lipinski definition) is 3. The van der Waals surface area contributed by atoms with Crippen LogP contribution in [0.4, 0.5) is 11.4 Å². The predicted molar refractivity (Wildman–Crippen MR) is 75.3 cm³/mol. The lowest BCUT2D eigenvalue weighted by Gasteiger charge is -2.04. The van der Waals surface area contributed by atoms with Crippen molar-refractivity contribution in [1.82, 2.24) is 0 Å². The molecule has 1 amide bonds. The highest BCUT2D eigenvalue weighted by Gasteiger charge is 2.00. The fourth-order valence-corrected chi connectivity index (χ4v) is 1.17. The number of carbonyl (C=O) groups is 1. The first-order valence-electron chi connectivity index (χ1n) is 5.35. The molecule has 0 saturated heterocycles. The Balaban J connectivity index is 2.63. The minimum atomic E-state index is -0.294. The van der Waals surface area contributed by atoms with E-state index in [0.29, 0.717) is 17.1 Å². The molecule has 0 spiro atoms. The van der Waals surface area contributed by atoms with Crippen molar-refractivity contribution in [2.24, 2.45) is 10.7 Å². The number of amides is 1. The zero-order valence-electron chi connectivity index (χ0n) is 10.1. The number of nitrogens with zero attached hydrogens (tertiary/aromatic N) is 1. The number of nitrogens with one attached hydrogen (secondary N) is 1. The lowest BCUT2D eigenvalue weighted by atomic mass is 10.2. The predicted octanol–water partition coefficient (Wildman–Crippen LogP) is 1.31. The average molecular weight is 244 g/mol. The zero-order valence-corrected chi connectivity index (χ0v) is 10.1. The van der Waals surface area contributed by atoms with Crippen molar-refractivity contribution in [2.45, 2.75) is 0 Å². The summed E-state index contributed by atoms with van der Waals surface area (Å²) in [6, 6.07) is 7.03. The monoisotopic (exact) mass is 244 g/mol. The number of para-hydroxylation sites is 2. The van der Waals surface area contributed by atoms with Gasteiger partial charge in [-0.25, -0.2) is 0 Å². The van der Waals surface area contributed by atoms with Gasteiger partial charge in [-0.15, -0.1) is 0 Å². The molecule has 0 radical (unpaired) electrons. The van der Waals surface area contributed by atoms with Crippen molar-refractivity contribution in [3.63, 3.8) is 0 Å². The summed E-state index contributed by atoms with van der Waals surface area (Å²) in [6.45, 7) is 0. The Morgan fingerprint density at radius 3 is 2.72 bits per heavy atom. The van der Waals surface area contributed by atoms with Gasteiger partial charge in [0, 0.05) is 25.0 Å². The number of benzene rings is 1. The minimum absolute atomic E-state index is 0.294. The Hall–Kier alpha value is -2.56. The molecule has 0 atom stereocenters. The molecule has 5 N–H and O–H groups in total. The van der Waals surface area contributed by atoms with E-state index in [2.05, 4.69) is 10.3 Å². The molecule has 0 bridgehead atoms. The molecule has 0 saturated carbocycles. The maximum absolute atomic E-state index is 11.6. The summed E-state index contributed by atoms with van der Waals surface area (Å²) >= 11 is 0. The van der Waals surface area contributed by atoms with E-state index in [1.54, 1.807) is 43.6 Å². The standard InChI is InChI=1S/C13H16N4O/c1-16-9-8-10(14)6-7-13(18)17-12-5-3-2-4-11(12)15/h2-9H,14-15H2,1H3,(H,17,18)/b7-6+,10-8?,16-9?. The second-order valence-electron chi connectivity index (χ2n) is 3.48. The summed E-state index contributed by atoms with van der Waals surface area (Å²) in [5.41, 5.74) is 12.8. The molecule has 0 aliphatic rings. The summed E-state index contributed by atoms with van der Waals surface area (Å²) in [6.07, 6.45) is 5.98. The number of nitrogens with two attached hydrogens (primary N) is 2. The van der Waals surface area contributed by atoms with Crippen LogP contribution >= 0.6 is 0 Å². The molecule has 1 aromatic carbocycles. The van der Waals surface area contributed by atoms with Crippen molar-refractivity contribution in [3.05, 3.63) is 48.2 Å². The van der Waals surface area contributed by atoms with Gasteiger partial charge in [0.25, 0.3) is 0 Å². The molecule has 0 aliphatic heterocycles. The van der Waals surface area contributed by atoms with Crippen LogP contribution in [0.1, 0.15) is 0 Å². The fraction of sp³-hybridized carbons (Fsp3) is 0.0769. The van der Waals surface area contributed by atoms with Crippen LogP contribution in [0.25, 0.3) is 0 Å². The Morgan fingerprint density at radius 1 is 1.33 bits per heavy atom. The number of allylic oxidation sites excluding steroid dienone is 2. The largest absolute Gasteiger partial charge is 0.399 e. The van der Waals surface area contributed by atoms with Crippen molar-refractivity contribution in [2.75, 3.05) is 18.1 Å². The Morgan fingerprint density at radius 2 is 2.06 bits per heavy atom. The molecule has 5 nitrogen and oxygen atoms in total. The molecule has 0 heterocycles. The van der Waals surface area contributed by atoms with Gasteiger partial charge in [0.2, 0.25) is 5.91 Å². The van der Waals surface area contributed by atoms with Gasteiger partial charge in [0.1, 0.15) is 0 Å². The lowest BCUT2D eigenvalue weighted by molar-refractivity contribution is -0.111. The lowest BCUT2D eigenvalue weighted by Crippen LogP contribution is -2.10. The Kier molecular flexibility index (Phi) is 5.18. The SMILES string of the molecule is CN=CC=C(N)/C=C/C(=O)Nc1ccccc1N. The van der Waals surface area contributed by atoms with Gasteiger partial charge < -0.3 is 16.8 Å². The van der Waals surface area contributed by atoms with Gasteiger partial charge in [-0.05, 0) is 24.3 Å². The van der Waals surface area contributed by atoms with E-state index >= 15 is 0 Å². The molecule has 1 aromatic rings. The van der Waals surface area contributed by atoms with Crippen LogP contribution in [-0.2, 0) is 4.79 Å². The Labute approximate surface area is 106 Å². The normalized spacial score (nSPS) is 12.2. The second-order valence-corrected chi connectivity index (χ2v) is 3.48. The summed E-state index contributed by atoms with van der Waals surface area (Å²) in [7, 11) is 1.64. The number of rotatable bonds is 4. The van der Waals surface area contributed by atoms with Crippen LogP contribution in [0.3, 0.4) is 0 Å². The molecule has 5 heteroatoms. The van der Waals surface area contributed by atoms with Crippen LogP contribution in [-0.4, -0.2) is 19.2 Å². The van der Waals surface area contributed by atoms with Crippen LogP contribution < -0.4 is 16.8 Å². The number of aliphatic imine (C=N–C) groups is 1. The quantitative estimate of drug-likeness (QED) is 0.322. The first-order valence-corrected chi connectivity index (χ1v) is 5.35. The molecule has 0 fully saturated rings. The third-order valence-corrected chi connectivity index (χ3v) is 2.06. The molecule has 0 aromatic heterocycles. The van der Waals surface area contributed by atoms with Crippen molar-refractivity contribution in [3.8, 4) is 0 Å². The van der Waals surface area contributed by atoms with E-state index in [4.69, 9.17) is 11.5 Å². The summed E-state index contributed by atoms with van der Waals surface area (Å²) < 4.78 is 0. The van der Waals surface area contributed by atoms with Gasteiger partial charge in [-0.3, -0.25) is 9.79 Å². The number of hydrogen-bond acceptors (Lipinski definition) is 4. The molecule has 18 heavy (non-hydrogen) atoms. The summed E-state index contributed by atoms with van der Waals surface area (Å²) in [5.74, 6) is -0.294. The van der Waals surface area contributed by atoms with Crippen LogP contribution in [0, 0.1) is 0 Å². The summed E-state index contributed by atoms with van der Waals surface area (Å²) in [4.78, 5) is 15.3. The number of anilines is 2. The smallest absolute Gasteiger partial charge is 0.248 e. The molecule has 1 rings (SSSR count). The van der Waals surface area contributed by atoms with Gasteiger partial charge >= 0.3 is 0 Å². The minimum Gasteiger partial charge on any atom is -0.399 e. The highest BCUT2D eigenvalue weighted by molar-refractivity contribution is 6.01. The van der Waals surface area contributed by atoms with E-state index in [9.17, 15) is 4.79 Å². The van der Waals surface area contributed by atoms with E-state index in [0.717, 1.165) is 0 Å². The topological polar surface area (TPSA) is 93.5 Å². The van der Waals surface area contributed by atoms with Crippen molar-refractivity contribution < 1.29 is 4.79 Å². The maximum atomic E-state index is 11.6. The van der Waals surface area contributed by atoms with Crippen LogP contribution in [0.15, 0.2) is 53.2 Å². The first kappa shape index (κ1) is 13.5. The molecular formula is C13H16N4O. The third kappa shape index (κ3) is 4.52. The third-order valence-electron chi connectivity index (χ3n) is 2.06. The number of carbonyl (C=O) groups excluding carboxylic acids is 1. The van der Waals surface area contributed by atoms with E-state index in [1.165, 1.54) is 12.2 Å². The van der Waals surface area contributed by atoms with Gasteiger partial charge in [-0.2, -0.15) is 0 Å². The highest BCUT2D eigenvalue weighted by atomic mass is 16.1. The first-order chi connectivity index (χ1) is 8.63. The fourth-order valence-electron chi connectivity index (χ4n) is 1.17. The van der Waals surface area contributed by atoms with E-state index in [-0.39, 0.29) is 5.91 Å². The highest BCUT2D eigenvalue weighted by Crippen LogP contribution is 2.16. The van der Waals surface area contributed by atoms with Crippen LogP contribution in [0.2, 0.25) is 0 Å². The van der Waals surface area contributed by atoms with Gasteiger partial charge in [-0.1, -0.05) is 12.1 Å². The maximum Gasteiger partial charge on any atom is 0.248 e. The van der Waals surface area contributed by atoms with Crippen LogP contribution in [0.5, 0.6) is 0 Å². The summed E-state index contributed by atoms with van der Waals surface area (Å²) in [5, 5.41) is 2.65. The van der Waals surface area contributed by atoms with E-state index < -0.39 is 0 Å². The molecular weight excluding hydrogens is 228 g/mol. The number of nitrogen functional groups attached to an aromatic ring is 1. The molecule has 0 aliphatic carbocycles.